The van der Waals surface area contributed by atoms with Gasteiger partial charge in [0.25, 0.3) is 5.91 Å². The van der Waals surface area contributed by atoms with Crippen LogP contribution in [0.3, 0.4) is 0 Å². The Morgan fingerprint density at radius 2 is 1.24 bits per heavy atom. The molecule has 0 radical (unpaired) electrons. The third-order valence-corrected chi connectivity index (χ3v) is 5.95. The van der Waals surface area contributed by atoms with Crippen molar-refractivity contribution in [2.45, 2.75) is 83.4 Å². The molecule has 0 bridgehead atoms. The second-order valence-electron chi connectivity index (χ2n) is 8.66. The van der Waals surface area contributed by atoms with Crippen LogP contribution < -0.4 is 11.1 Å². The summed E-state index contributed by atoms with van der Waals surface area (Å²) in [5.41, 5.74) is 7.37. The van der Waals surface area contributed by atoms with Gasteiger partial charge in [0.05, 0.1) is 11.6 Å². The fourth-order valence-electron chi connectivity index (χ4n) is 3.83. The summed E-state index contributed by atoms with van der Waals surface area (Å²) in [6, 6.07) is 11.2. The second kappa shape index (κ2) is 14.0. The Kier molecular flexibility index (Phi) is 11.4. The summed E-state index contributed by atoms with van der Waals surface area (Å²) < 4.78 is 38.2. The van der Waals surface area contributed by atoms with Crippen LogP contribution in [0.25, 0.3) is 0 Å². The predicted molar refractivity (Wildman–Crippen MR) is 128 cm³/mol. The van der Waals surface area contributed by atoms with Gasteiger partial charge in [-0.1, -0.05) is 89.0 Å². The lowest BCUT2D eigenvalue weighted by Gasteiger charge is -2.14. The second-order valence-corrected chi connectivity index (χ2v) is 8.66. The molecule has 0 spiro atoms. The van der Waals surface area contributed by atoms with Crippen molar-refractivity contribution in [3.63, 3.8) is 0 Å². The van der Waals surface area contributed by atoms with Gasteiger partial charge in [-0.25, -0.2) is 0 Å². The Bertz CT molecular complexity index is 817. The maximum absolute atomic E-state index is 12.7. The summed E-state index contributed by atoms with van der Waals surface area (Å²) in [6.45, 7) is 2.89. The van der Waals surface area contributed by atoms with Gasteiger partial charge in [0.1, 0.15) is 0 Å². The van der Waals surface area contributed by atoms with E-state index in [1.165, 1.54) is 63.5 Å². The van der Waals surface area contributed by atoms with Gasteiger partial charge in [-0.3, -0.25) is 4.79 Å². The monoisotopic (exact) mass is 462 g/mol. The number of nitrogens with one attached hydrogen (secondary N) is 1. The SMILES string of the molecule is CCCCCCCCCCCCNC(=O)c1ccc(C(N)c2ccc(C(F)(F)F)cc2)cc1. The highest BCUT2D eigenvalue weighted by molar-refractivity contribution is 5.94. The number of nitrogens with two attached hydrogens (primary N) is 1. The number of carbonyl (C=O) groups excluding carboxylic acids is 1. The molecule has 0 saturated carbocycles. The minimum absolute atomic E-state index is 0.124. The Labute approximate surface area is 196 Å². The van der Waals surface area contributed by atoms with Crippen LogP contribution in [0.1, 0.15) is 104 Å². The lowest BCUT2D eigenvalue weighted by atomic mass is 9.97. The van der Waals surface area contributed by atoms with Crippen molar-refractivity contribution in [3.05, 3.63) is 70.8 Å². The molecule has 182 valence electrons. The highest BCUT2D eigenvalue weighted by Crippen LogP contribution is 2.30. The van der Waals surface area contributed by atoms with Gasteiger partial charge in [0.2, 0.25) is 0 Å². The van der Waals surface area contributed by atoms with Crippen molar-refractivity contribution in [3.8, 4) is 0 Å². The first-order valence-electron chi connectivity index (χ1n) is 12.1. The quantitative estimate of drug-likeness (QED) is 0.287. The van der Waals surface area contributed by atoms with Crippen LogP contribution >= 0.6 is 0 Å². The smallest absolute Gasteiger partial charge is 0.352 e. The maximum atomic E-state index is 12.7. The van der Waals surface area contributed by atoms with E-state index in [-0.39, 0.29) is 5.91 Å². The van der Waals surface area contributed by atoms with Gasteiger partial charge in [-0.05, 0) is 41.8 Å². The number of carbonyl (C=O) groups is 1. The molecule has 3 N–H and O–H groups in total. The molecule has 2 aromatic carbocycles. The van der Waals surface area contributed by atoms with Crippen LogP contribution in [0, 0.1) is 0 Å². The largest absolute Gasteiger partial charge is 0.416 e. The Balaban J connectivity index is 1.69. The van der Waals surface area contributed by atoms with Crippen LogP contribution in [0.15, 0.2) is 48.5 Å². The molecule has 2 rings (SSSR count). The zero-order valence-corrected chi connectivity index (χ0v) is 19.6. The molecule has 1 unspecified atom stereocenters. The lowest BCUT2D eigenvalue weighted by molar-refractivity contribution is -0.137. The first-order valence-corrected chi connectivity index (χ1v) is 12.1. The molecule has 0 saturated heterocycles. The Morgan fingerprint density at radius 3 is 1.73 bits per heavy atom. The van der Waals surface area contributed by atoms with Crippen molar-refractivity contribution < 1.29 is 18.0 Å². The molecule has 3 nitrogen and oxygen atoms in total. The van der Waals surface area contributed by atoms with Crippen molar-refractivity contribution in [2.24, 2.45) is 5.73 Å². The van der Waals surface area contributed by atoms with E-state index in [9.17, 15) is 18.0 Å². The van der Waals surface area contributed by atoms with Crippen LogP contribution in [-0.2, 0) is 6.18 Å². The molecular weight excluding hydrogens is 425 g/mol. The van der Waals surface area contributed by atoms with Gasteiger partial charge in [0.15, 0.2) is 0 Å². The zero-order chi connectivity index (χ0) is 24.1. The minimum atomic E-state index is -4.37. The van der Waals surface area contributed by atoms with E-state index in [0.29, 0.717) is 17.7 Å². The molecule has 33 heavy (non-hydrogen) atoms. The molecule has 0 fully saturated rings. The average Bonchev–Trinajstić information content (AvgIpc) is 2.81. The summed E-state index contributed by atoms with van der Waals surface area (Å²) in [5, 5.41) is 2.95. The normalized spacial score (nSPS) is 12.5. The standard InChI is InChI=1S/C27H37F3N2O/c1-2-3-4-5-6-7-8-9-10-11-20-32-26(33)23-14-12-21(13-15-23)25(31)22-16-18-24(19-17-22)27(28,29)30/h12-19,25H,2-11,20,31H2,1H3,(H,32,33). The topological polar surface area (TPSA) is 55.1 Å². The molecule has 0 aromatic heterocycles. The van der Waals surface area contributed by atoms with Gasteiger partial charge in [0, 0.05) is 12.1 Å². The van der Waals surface area contributed by atoms with Crippen molar-refractivity contribution in [2.75, 3.05) is 6.54 Å². The Hall–Kier alpha value is -2.34. The van der Waals surface area contributed by atoms with E-state index in [0.717, 1.165) is 30.5 Å². The molecule has 6 heteroatoms. The fourth-order valence-corrected chi connectivity index (χ4v) is 3.83. The molecule has 0 aliphatic carbocycles. The van der Waals surface area contributed by atoms with Crippen LogP contribution in [-0.4, -0.2) is 12.5 Å². The van der Waals surface area contributed by atoms with E-state index >= 15 is 0 Å². The summed E-state index contributed by atoms with van der Waals surface area (Å²) in [7, 11) is 0. The first kappa shape index (κ1) is 26.9. The Morgan fingerprint density at radius 1 is 0.788 bits per heavy atom. The van der Waals surface area contributed by atoms with E-state index < -0.39 is 17.8 Å². The van der Waals surface area contributed by atoms with E-state index in [4.69, 9.17) is 5.73 Å². The number of amides is 1. The summed E-state index contributed by atoms with van der Waals surface area (Å²) in [6.07, 6.45) is 8.15. The van der Waals surface area contributed by atoms with Gasteiger partial charge in [-0.2, -0.15) is 13.2 Å². The van der Waals surface area contributed by atoms with E-state index in [1.54, 1.807) is 24.3 Å². The number of alkyl halides is 3. The highest BCUT2D eigenvalue weighted by Gasteiger charge is 2.30. The van der Waals surface area contributed by atoms with Gasteiger partial charge >= 0.3 is 6.18 Å². The maximum Gasteiger partial charge on any atom is 0.416 e. The van der Waals surface area contributed by atoms with Crippen LogP contribution in [0.4, 0.5) is 13.2 Å². The number of benzene rings is 2. The highest BCUT2D eigenvalue weighted by atomic mass is 19.4. The molecule has 0 heterocycles. The summed E-state index contributed by atoms with van der Waals surface area (Å²) in [4.78, 5) is 12.3. The molecule has 1 atom stereocenters. The predicted octanol–water partition coefficient (Wildman–Crippen LogP) is 7.40. The minimum Gasteiger partial charge on any atom is -0.352 e. The number of hydrogen-bond acceptors (Lipinski definition) is 2. The number of halogens is 3. The van der Waals surface area contributed by atoms with Crippen LogP contribution in [0.2, 0.25) is 0 Å². The number of hydrogen-bond donors (Lipinski definition) is 2. The summed E-state index contributed by atoms with van der Waals surface area (Å²) in [5.74, 6) is -0.124. The molecule has 2 aromatic rings. The first-order chi connectivity index (χ1) is 15.8. The van der Waals surface area contributed by atoms with Crippen LogP contribution in [0.5, 0.6) is 0 Å². The van der Waals surface area contributed by atoms with Gasteiger partial charge in [-0.15, -0.1) is 0 Å². The van der Waals surface area contributed by atoms with Crippen molar-refractivity contribution in [1.29, 1.82) is 0 Å². The fraction of sp³-hybridized carbons (Fsp3) is 0.519. The summed E-state index contributed by atoms with van der Waals surface area (Å²) >= 11 is 0. The average molecular weight is 463 g/mol. The third-order valence-electron chi connectivity index (χ3n) is 5.95. The molecule has 0 aliphatic heterocycles. The third kappa shape index (κ3) is 9.58. The van der Waals surface area contributed by atoms with E-state index in [1.807, 2.05) is 0 Å². The molecule has 1 amide bonds. The van der Waals surface area contributed by atoms with Crippen molar-refractivity contribution in [1.82, 2.24) is 5.32 Å². The zero-order valence-electron chi connectivity index (χ0n) is 19.6. The van der Waals surface area contributed by atoms with Crippen molar-refractivity contribution >= 4 is 5.91 Å². The number of rotatable bonds is 14. The number of unbranched alkanes of at least 4 members (excludes halogenated alkanes) is 9. The van der Waals surface area contributed by atoms with E-state index in [2.05, 4.69) is 12.2 Å². The molecule has 0 aliphatic rings. The lowest BCUT2D eigenvalue weighted by Crippen LogP contribution is -2.24. The van der Waals surface area contributed by atoms with Gasteiger partial charge < -0.3 is 11.1 Å². The molecular formula is C27H37F3N2O.